The molecule has 11 nitrogen and oxygen atoms in total. The average Bonchev–Trinajstić information content (AvgIpc) is 3.71. The Hall–Kier alpha value is -4.27. The molecule has 51 heavy (non-hydrogen) atoms. The van der Waals surface area contributed by atoms with E-state index in [9.17, 15) is 18.4 Å². The van der Waals surface area contributed by atoms with Crippen molar-refractivity contribution in [3.63, 3.8) is 0 Å². The topological polar surface area (TPSA) is 125 Å². The molecule has 266 valence electrons. The van der Waals surface area contributed by atoms with Gasteiger partial charge in [0.15, 0.2) is 11.3 Å². The second-order valence-electron chi connectivity index (χ2n) is 11.1. The van der Waals surface area contributed by atoms with Crippen molar-refractivity contribution in [2.75, 3.05) is 19.5 Å². The van der Waals surface area contributed by atoms with Crippen LogP contribution in [0.3, 0.4) is 0 Å². The molecule has 18 heteroatoms. The summed E-state index contributed by atoms with van der Waals surface area (Å²) in [5, 5.41) is 11.7. The molecule has 6 rings (SSSR count). The fourth-order valence-electron chi connectivity index (χ4n) is 4.82. The fourth-order valence-corrected chi connectivity index (χ4v) is 6.22. The number of methoxy groups -OCH3 is 2. The van der Waals surface area contributed by atoms with Crippen LogP contribution >= 0.6 is 58.0 Å². The van der Waals surface area contributed by atoms with Gasteiger partial charge in [-0.15, -0.1) is 0 Å². The minimum atomic E-state index is -0.642. The molecule has 4 aromatic heterocycles. The first-order chi connectivity index (χ1) is 24.2. The zero-order valence-electron chi connectivity index (χ0n) is 27.2. The van der Waals surface area contributed by atoms with Gasteiger partial charge < -0.3 is 14.8 Å². The standard InChI is InChI=1S/C19H19Cl2FN4O2.C14H7Cl3FN3O2/c1-9(2)10(3)24-18-15(14-12(20)6-5-7-13(14)22)16(21)25-17-11(19(27)28-4)8-23-26(17)18;1-23-14(22)6-5-19-21-12(17)10(11(16)20-13(6)21)9-7(15)3-2-4-8(9)18/h5-10,24H,1-4H3;2-5H,1H3/t10-;/m1./s1. The van der Waals surface area contributed by atoms with Crippen LogP contribution in [-0.2, 0) is 9.47 Å². The van der Waals surface area contributed by atoms with Gasteiger partial charge >= 0.3 is 11.9 Å². The number of nitrogens with one attached hydrogen (secondary N) is 1. The minimum absolute atomic E-state index is 0.00804. The summed E-state index contributed by atoms with van der Waals surface area (Å²) in [6.07, 6.45) is 2.57. The Morgan fingerprint density at radius 2 is 1.16 bits per heavy atom. The Kier molecular flexibility index (Phi) is 11.6. The number of nitrogens with zero attached hydrogens (tertiary/aromatic N) is 6. The molecule has 0 aliphatic rings. The number of ether oxygens (including phenoxy) is 2. The van der Waals surface area contributed by atoms with Crippen LogP contribution in [0.2, 0.25) is 25.5 Å². The third-order valence-corrected chi connectivity index (χ3v) is 9.28. The van der Waals surface area contributed by atoms with E-state index in [-0.39, 0.29) is 82.1 Å². The van der Waals surface area contributed by atoms with Gasteiger partial charge in [-0.1, -0.05) is 84.0 Å². The number of benzene rings is 2. The normalized spacial score (nSPS) is 11.8. The summed E-state index contributed by atoms with van der Waals surface area (Å²) in [5.41, 5.74) is 1.01. The number of fused-ring (bicyclic) bond motifs is 2. The number of rotatable bonds is 7. The Morgan fingerprint density at radius 1 is 0.706 bits per heavy atom. The lowest BCUT2D eigenvalue weighted by atomic mass is 10.0. The van der Waals surface area contributed by atoms with Crippen molar-refractivity contribution in [2.24, 2.45) is 5.92 Å². The van der Waals surface area contributed by atoms with Crippen LogP contribution in [0, 0.1) is 17.6 Å². The molecule has 1 atom stereocenters. The molecule has 0 amide bonds. The molecule has 0 aliphatic carbocycles. The van der Waals surface area contributed by atoms with E-state index in [1.165, 1.54) is 61.5 Å². The Bertz CT molecular complexity index is 2280. The third-order valence-electron chi connectivity index (χ3n) is 7.75. The van der Waals surface area contributed by atoms with Gasteiger partial charge in [-0.3, -0.25) is 0 Å². The summed E-state index contributed by atoms with van der Waals surface area (Å²) in [7, 11) is 2.49. The van der Waals surface area contributed by atoms with E-state index in [1.807, 2.05) is 20.8 Å². The third kappa shape index (κ3) is 7.26. The summed E-state index contributed by atoms with van der Waals surface area (Å²) < 4.78 is 40.8. The van der Waals surface area contributed by atoms with E-state index < -0.39 is 23.6 Å². The lowest BCUT2D eigenvalue weighted by Gasteiger charge is -2.22. The summed E-state index contributed by atoms with van der Waals surface area (Å²) in [6, 6.07) is 8.53. The average molecular weight is 800 g/mol. The quantitative estimate of drug-likeness (QED) is 0.124. The van der Waals surface area contributed by atoms with Crippen LogP contribution in [0.4, 0.5) is 14.6 Å². The first kappa shape index (κ1) is 38.0. The SMILES string of the molecule is COC(=O)c1cnn2c(Cl)c(-c3c(F)cccc3Cl)c(Cl)nc12.COC(=O)c1cnn2c(N[C@H](C)C(C)C)c(-c3c(F)cccc3Cl)c(Cl)nc12. The second kappa shape index (κ2) is 15.5. The highest BCUT2D eigenvalue weighted by molar-refractivity contribution is 6.40. The highest BCUT2D eigenvalue weighted by Crippen LogP contribution is 2.42. The molecule has 0 fully saturated rings. The molecule has 0 aliphatic heterocycles. The van der Waals surface area contributed by atoms with Gasteiger partial charge in [0.25, 0.3) is 0 Å². The molecular weight excluding hydrogens is 774 g/mol. The summed E-state index contributed by atoms with van der Waals surface area (Å²) >= 11 is 31.2. The van der Waals surface area contributed by atoms with E-state index in [1.54, 1.807) is 6.07 Å². The summed E-state index contributed by atoms with van der Waals surface area (Å²) in [5.74, 6) is -1.76. The van der Waals surface area contributed by atoms with E-state index in [0.717, 1.165) is 4.52 Å². The largest absolute Gasteiger partial charge is 0.465 e. The molecule has 0 bridgehead atoms. The smallest absolute Gasteiger partial charge is 0.343 e. The molecule has 0 spiro atoms. The molecule has 1 N–H and O–H groups in total. The number of carbonyl (C=O) groups is 2. The molecule has 0 saturated carbocycles. The number of aromatic nitrogens is 6. The molecule has 4 heterocycles. The fraction of sp³-hybridized carbons (Fsp3) is 0.212. The first-order valence-electron chi connectivity index (χ1n) is 14.8. The van der Waals surface area contributed by atoms with Gasteiger partial charge in [-0.25, -0.2) is 32.9 Å². The maximum Gasteiger partial charge on any atom is 0.343 e. The zero-order chi connectivity index (χ0) is 37.3. The summed E-state index contributed by atoms with van der Waals surface area (Å²) in [6.45, 7) is 6.05. The molecule has 0 unspecified atom stereocenters. The Labute approximate surface area is 314 Å². The van der Waals surface area contributed by atoms with E-state index in [0.29, 0.717) is 5.82 Å². The number of hydrogen-bond donors (Lipinski definition) is 1. The van der Waals surface area contributed by atoms with E-state index >= 15 is 0 Å². The van der Waals surface area contributed by atoms with Crippen molar-refractivity contribution >= 4 is 87.1 Å². The Morgan fingerprint density at radius 3 is 1.63 bits per heavy atom. The van der Waals surface area contributed by atoms with Crippen LogP contribution < -0.4 is 5.32 Å². The molecule has 0 saturated heterocycles. The van der Waals surface area contributed by atoms with Crippen LogP contribution in [0.5, 0.6) is 0 Å². The maximum absolute atomic E-state index is 14.7. The highest BCUT2D eigenvalue weighted by Gasteiger charge is 2.27. The van der Waals surface area contributed by atoms with Gasteiger partial charge in [0.1, 0.15) is 44.0 Å². The molecule has 0 radical (unpaired) electrons. The maximum atomic E-state index is 14.7. The van der Waals surface area contributed by atoms with Crippen molar-refractivity contribution in [1.29, 1.82) is 0 Å². The lowest BCUT2D eigenvalue weighted by Crippen LogP contribution is -2.24. The lowest BCUT2D eigenvalue weighted by molar-refractivity contribution is 0.0593. The number of anilines is 1. The van der Waals surface area contributed by atoms with Gasteiger partial charge in [0.2, 0.25) is 0 Å². The van der Waals surface area contributed by atoms with Crippen molar-refractivity contribution in [1.82, 2.24) is 29.2 Å². The number of esters is 2. The van der Waals surface area contributed by atoms with Crippen LogP contribution in [0.25, 0.3) is 33.5 Å². The number of carbonyl (C=O) groups excluding carboxylic acids is 2. The van der Waals surface area contributed by atoms with Crippen LogP contribution in [0.15, 0.2) is 48.8 Å². The van der Waals surface area contributed by atoms with Crippen LogP contribution in [0.1, 0.15) is 41.5 Å². The summed E-state index contributed by atoms with van der Waals surface area (Å²) in [4.78, 5) is 32.1. The van der Waals surface area contributed by atoms with Gasteiger partial charge in [-0.2, -0.15) is 14.7 Å². The van der Waals surface area contributed by atoms with Crippen molar-refractivity contribution in [2.45, 2.75) is 26.8 Å². The first-order valence-corrected chi connectivity index (χ1v) is 16.7. The second-order valence-corrected chi connectivity index (χ2v) is 13.0. The molecular formula is C33H26Cl5F2N7O4. The van der Waals surface area contributed by atoms with Gasteiger partial charge in [-0.05, 0) is 37.1 Å². The van der Waals surface area contributed by atoms with Crippen molar-refractivity contribution < 1.29 is 27.8 Å². The van der Waals surface area contributed by atoms with Crippen LogP contribution in [-0.4, -0.2) is 61.4 Å². The number of hydrogen-bond acceptors (Lipinski definition) is 9. The minimum Gasteiger partial charge on any atom is -0.465 e. The Balaban J connectivity index is 0.000000201. The highest BCUT2D eigenvalue weighted by atomic mass is 35.5. The van der Waals surface area contributed by atoms with Crippen molar-refractivity contribution in [3.05, 3.63) is 97.1 Å². The van der Waals surface area contributed by atoms with Crippen molar-refractivity contribution in [3.8, 4) is 22.3 Å². The van der Waals surface area contributed by atoms with Gasteiger partial charge in [0, 0.05) is 17.2 Å². The van der Waals surface area contributed by atoms with Gasteiger partial charge in [0.05, 0.1) is 47.8 Å². The predicted molar refractivity (Wildman–Crippen MR) is 192 cm³/mol. The zero-order valence-corrected chi connectivity index (χ0v) is 31.0. The van der Waals surface area contributed by atoms with E-state index in [2.05, 4.69) is 30.2 Å². The molecule has 2 aromatic carbocycles. The predicted octanol–water partition coefficient (Wildman–Crippen LogP) is 9.37. The molecule has 6 aromatic rings. The van der Waals surface area contributed by atoms with E-state index in [4.69, 9.17) is 62.7 Å². The monoisotopic (exact) mass is 797 g/mol. The number of halogens is 7.